The van der Waals surface area contributed by atoms with Gasteiger partial charge in [0.15, 0.2) is 0 Å². The van der Waals surface area contributed by atoms with Crippen molar-refractivity contribution < 1.29 is 0 Å². The van der Waals surface area contributed by atoms with Gasteiger partial charge < -0.3 is 4.90 Å². The number of fused-ring (bicyclic) bond motifs is 1. The molecule has 0 aliphatic rings. The average molecular weight is 314 g/mol. The fourth-order valence-corrected chi connectivity index (χ4v) is 2.94. The maximum atomic E-state index is 4.54. The van der Waals surface area contributed by atoms with E-state index in [1.165, 1.54) is 5.56 Å². The number of anilines is 2. The second-order valence-corrected chi connectivity index (χ2v) is 5.84. The molecule has 2 heterocycles. The fourth-order valence-electron chi connectivity index (χ4n) is 2.94. The number of imidazole rings is 1. The quantitative estimate of drug-likeness (QED) is 0.558. The van der Waals surface area contributed by atoms with Crippen LogP contribution in [0.25, 0.3) is 16.7 Å². The van der Waals surface area contributed by atoms with Gasteiger partial charge in [-0.05, 0) is 48.9 Å². The highest BCUT2D eigenvalue weighted by atomic mass is 15.2. The average Bonchev–Trinajstić information content (AvgIpc) is 3.04. The lowest BCUT2D eigenvalue weighted by Crippen LogP contribution is -2.13. The molecular weight excluding hydrogens is 296 g/mol. The van der Waals surface area contributed by atoms with Crippen molar-refractivity contribution in [1.29, 1.82) is 0 Å². The summed E-state index contributed by atoms with van der Waals surface area (Å²) in [6.07, 6.45) is 3.69. The molecule has 0 fully saturated rings. The molecule has 4 aromatic rings. The molecule has 0 amide bonds. The summed E-state index contributed by atoms with van der Waals surface area (Å²) in [5, 5.41) is 0. The van der Waals surface area contributed by atoms with E-state index in [9.17, 15) is 0 Å². The maximum Gasteiger partial charge on any atom is 0.132 e. The first kappa shape index (κ1) is 14.5. The van der Waals surface area contributed by atoms with Gasteiger partial charge in [0, 0.05) is 13.2 Å². The molecule has 0 aliphatic heterocycles. The van der Waals surface area contributed by atoms with Gasteiger partial charge in [-0.2, -0.15) is 0 Å². The number of nitrogens with zero attached hydrogens (tertiary/aromatic N) is 4. The third-order valence-electron chi connectivity index (χ3n) is 4.20. The summed E-state index contributed by atoms with van der Waals surface area (Å²) < 4.78 is 2.14. The monoisotopic (exact) mass is 314 g/mol. The summed E-state index contributed by atoms with van der Waals surface area (Å²) in [4.78, 5) is 11.1. The highest BCUT2D eigenvalue weighted by Gasteiger charge is 2.13. The standard InChI is InChI=1S/C20H18N4/c1-15-10-11-16-19(13-15)24(14-22-16)18-8-4-3-7-17(18)23(2)20-9-5-6-12-21-20/h3-14H,1-2H3. The Hall–Kier alpha value is -3.14. The van der Waals surface area contributed by atoms with E-state index in [4.69, 9.17) is 0 Å². The van der Waals surface area contributed by atoms with Crippen molar-refractivity contribution in [3.63, 3.8) is 0 Å². The molecule has 0 saturated carbocycles. The summed E-state index contributed by atoms with van der Waals surface area (Å²) in [7, 11) is 2.03. The highest BCUT2D eigenvalue weighted by molar-refractivity contribution is 5.81. The number of para-hydroxylation sites is 2. The lowest BCUT2D eigenvalue weighted by molar-refractivity contribution is 1.05. The number of benzene rings is 2. The summed E-state index contributed by atoms with van der Waals surface area (Å²) >= 11 is 0. The van der Waals surface area contributed by atoms with Crippen molar-refractivity contribution in [2.45, 2.75) is 6.92 Å². The SMILES string of the molecule is Cc1ccc2ncn(-c3ccccc3N(C)c3ccccn3)c2c1. The van der Waals surface area contributed by atoms with Crippen molar-refractivity contribution in [1.82, 2.24) is 14.5 Å². The topological polar surface area (TPSA) is 34.0 Å². The van der Waals surface area contributed by atoms with Gasteiger partial charge in [-0.3, -0.25) is 4.57 Å². The fraction of sp³-hybridized carbons (Fsp3) is 0.100. The largest absolute Gasteiger partial charge is 0.328 e. The predicted octanol–water partition coefficient (Wildman–Crippen LogP) is 4.50. The predicted molar refractivity (Wildman–Crippen MR) is 98.1 cm³/mol. The number of hydrogen-bond acceptors (Lipinski definition) is 3. The molecule has 0 aliphatic carbocycles. The summed E-state index contributed by atoms with van der Waals surface area (Å²) in [5.41, 5.74) is 5.49. The molecule has 118 valence electrons. The van der Waals surface area contributed by atoms with Crippen LogP contribution in [-0.2, 0) is 0 Å². The van der Waals surface area contributed by atoms with Crippen LogP contribution in [0.15, 0.2) is 73.2 Å². The molecule has 2 aromatic carbocycles. The molecule has 0 atom stereocenters. The minimum absolute atomic E-state index is 0.908. The Morgan fingerprint density at radius 1 is 0.917 bits per heavy atom. The number of rotatable bonds is 3. The lowest BCUT2D eigenvalue weighted by Gasteiger charge is -2.22. The second-order valence-electron chi connectivity index (χ2n) is 5.84. The maximum absolute atomic E-state index is 4.54. The van der Waals surface area contributed by atoms with Gasteiger partial charge in [0.05, 0.1) is 22.4 Å². The molecule has 0 saturated heterocycles. The number of aromatic nitrogens is 3. The van der Waals surface area contributed by atoms with E-state index in [1.807, 2.05) is 49.9 Å². The first-order chi connectivity index (χ1) is 11.7. The number of pyridine rings is 1. The third kappa shape index (κ3) is 2.42. The van der Waals surface area contributed by atoms with E-state index in [0.29, 0.717) is 0 Å². The van der Waals surface area contributed by atoms with Gasteiger partial charge in [0.2, 0.25) is 0 Å². The molecular formula is C20H18N4. The molecule has 0 N–H and O–H groups in total. The molecule has 0 spiro atoms. The minimum Gasteiger partial charge on any atom is -0.328 e. The zero-order valence-electron chi connectivity index (χ0n) is 13.7. The normalized spacial score (nSPS) is 10.9. The van der Waals surface area contributed by atoms with E-state index >= 15 is 0 Å². The minimum atomic E-state index is 0.908. The first-order valence-corrected chi connectivity index (χ1v) is 7.92. The molecule has 0 unspecified atom stereocenters. The van der Waals surface area contributed by atoms with Crippen LogP contribution < -0.4 is 4.90 Å². The van der Waals surface area contributed by atoms with E-state index < -0.39 is 0 Å². The Morgan fingerprint density at radius 2 is 1.75 bits per heavy atom. The zero-order chi connectivity index (χ0) is 16.5. The smallest absolute Gasteiger partial charge is 0.132 e. The van der Waals surface area contributed by atoms with Gasteiger partial charge in [-0.1, -0.05) is 24.3 Å². The zero-order valence-corrected chi connectivity index (χ0v) is 13.7. The van der Waals surface area contributed by atoms with Crippen LogP contribution in [0, 0.1) is 6.92 Å². The van der Waals surface area contributed by atoms with Crippen LogP contribution >= 0.6 is 0 Å². The number of hydrogen-bond donors (Lipinski definition) is 0. The van der Waals surface area contributed by atoms with Crippen LogP contribution in [-0.4, -0.2) is 21.6 Å². The lowest BCUT2D eigenvalue weighted by atomic mass is 10.2. The molecule has 2 aromatic heterocycles. The molecule has 0 bridgehead atoms. The van der Waals surface area contributed by atoms with Crippen LogP contribution in [0.5, 0.6) is 0 Å². The molecule has 0 radical (unpaired) electrons. The van der Waals surface area contributed by atoms with Crippen LogP contribution in [0.4, 0.5) is 11.5 Å². The summed E-state index contributed by atoms with van der Waals surface area (Å²) in [6, 6.07) is 20.6. The first-order valence-electron chi connectivity index (χ1n) is 7.92. The third-order valence-corrected chi connectivity index (χ3v) is 4.20. The van der Waals surface area contributed by atoms with Crippen molar-refractivity contribution >= 4 is 22.5 Å². The van der Waals surface area contributed by atoms with Crippen molar-refractivity contribution in [2.24, 2.45) is 0 Å². The Labute approximate surface area is 141 Å². The van der Waals surface area contributed by atoms with E-state index in [2.05, 4.69) is 56.7 Å². The Bertz CT molecular complexity index is 989. The van der Waals surface area contributed by atoms with Crippen molar-refractivity contribution in [3.05, 3.63) is 78.8 Å². The van der Waals surface area contributed by atoms with Crippen LogP contribution in [0.1, 0.15) is 5.56 Å². The molecule has 4 heteroatoms. The summed E-state index contributed by atoms with van der Waals surface area (Å²) in [5.74, 6) is 0.908. The Morgan fingerprint density at radius 3 is 2.58 bits per heavy atom. The number of aryl methyl sites for hydroxylation is 1. The molecule has 4 rings (SSSR count). The van der Waals surface area contributed by atoms with Crippen LogP contribution in [0.2, 0.25) is 0 Å². The van der Waals surface area contributed by atoms with Gasteiger partial charge in [-0.25, -0.2) is 9.97 Å². The van der Waals surface area contributed by atoms with Crippen molar-refractivity contribution in [2.75, 3.05) is 11.9 Å². The van der Waals surface area contributed by atoms with Gasteiger partial charge >= 0.3 is 0 Å². The van der Waals surface area contributed by atoms with Crippen molar-refractivity contribution in [3.8, 4) is 5.69 Å². The van der Waals surface area contributed by atoms with E-state index in [1.54, 1.807) is 0 Å². The van der Waals surface area contributed by atoms with E-state index in [0.717, 1.165) is 28.2 Å². The summed E-state index contributed by atoms with van der Waals surface area (Å²) in [6.45, 7) is 2.10. The van der Waals surface area contributed by atoms with Gasteiger partial charge in [0.1, 0.15) is 12.1 Å². The van der Waals surface area contributed by atoms with Gasteiger partial charge in [-0.15, -0.1) is 0 Å². The Balaban J connectivity index is 1.89. The second kappa shape index (κ2) is 5.81. The van der Waals surface area contributed by atoms with Crippen LogP contribution in [0.3, 0.4) is 0 Å². The van der Waals surface area contributed by atoms with E-state index in [-0.39, 0.29) is 0 Å². The molecule has 4 nitrogen and oxygen atoms in total. The Kier molecular flexibility index (Phi) is 3.50. The van der Waals surface area contributed by atoms with Gasteiger partial charge in [0.25, 0.3) is 0 Å². The highest BCUT2D eigenvalue weighted by Crippen LogP contribution is 2.30. The molecule has 24 heavy (non-hydrogen) atoms.